The molecule has 1 amide bonds. The Morgan fingerprint density at radius 2 is 1.65 bits per heavy atom. The van der Waals surface area contributed by atoms with Crippen molar-refractivity contribution in [2.45, 2.75) is 59.9 Å². The average molecular weight is 354 g/mol. The summed E-state index contributed by atoms with van der Waals surface area (Å²) < 4.78 is 5.82. The number of rotatable bonds is 5. The van der Waals surface area contributed by atoms with Gasteiger partial charge < -0.3 is 10.1 Å². The summed E-state index contributed by atoms with van der Waals surface area (Å²) in [6.45, 7) is 14.7. The number of carbonyl (C=O) groups excluding carboxylic acids is 1. The van der Waals surface area contributed by atoms with Gasteiger partial charge in [0.2, 0.25) is 0 Å². The fraction of sp³-hybridized carbons (Fsp3) is 0.435. The van der Waals surface area contributed by atoms with Crippen molar-refractivity contribution in [1.82, 2.24) is 5.32 Å². The maximum absolute atomic E-state index is 12.4. The van der Waals surface area contributed by atoms with Crippen LogP contribution in [0.25, 0.3) is 0 Å². The minimum absolute atomic E-state index is 0.0152. The Kier molecular flexibility index (Phi) is 6.12. The Bertz CT molecular complexity index is 787. The first-order chi connectivity index (χ1) is 12.1. The van der Waals surface area contributed by atoms with Gasteiger partial charge in [0.1, 0.15) is 5.75 Å². The average Bonchev–Trinajstić information content (AvgIpc) is 2.55. The molecule has 0 radical (unpaired) electrons. The van der Waals surface area contributed by atoms with E-state index in [2.05, 4.69) is 59.0 Å². The molecule has 2 rings (SSSR count). The number of carbonyl (C=O) groups is 1. The summed E-state index contributed by atoms with van der Waals surface area (Å²) in [5.41, 5.74) is 5.92. The van der Waals surface area contributed by atoms with Gasteiger partial charge in [0.05, 0.1) is 6.04 Å². The number of amides is 1. The molecule has 1 N–H and O–H groups in total. The molecule has 3 heteroatoms. The van der Waals surface area contributed by atoms with Crippen molar-refractivity contribution in [3.05, 3.63) is 64.2 Å². The molecule has 1 atom stereocenters. The molecule has 140 valence electrons. The minimum atomic E-state index is -0.112. The second kappa shape index (κ2) is 7.94. The van der Waals surface area contributed by atoms with E-state index in [0.717, 1.165) is 16.9 Å². The summed E-state index contributed by atoms with van der Waals surface area (Å²) in [4.78, 5) is 12.4. The van der Waals surface area contributed by atoms with Gasteiger partial charge in [0.25, 0.3) is 5.91 Å². The van der Waals surface area contributed by atoms with Crippen LogP contribution in [0.1, 0.15) is 61.6 Å². The monoisotopic (exact) mass is 353 g/mol. The Hall–Kier alpha value is -2.29. The summed E-state index contributed by atoms with van der Waals surface area (Å²) in [5.74, 6) is 0.656. The minimum Gasteiger partial charge on any atom is -0.483 e. The Balaban J connectivity index is 2.03. The Morgan fingerprint density at radius 3 is 2.31 bits per heavy atom. The zero-order chi connectivity index (χ0) is 19.5. The van der Waals surface area contributed by atoms with Crippen molar-refractivity contribution in [3.63, 3.8) is 0 Å². The van der Waals surface area contributed by atoms with Crippen LogP contribution in [-0.4, -0.2) is 12.5 Å². The molecule has 0 fully saturated rings. The first-order valence-electron chi connectivity index (χ1n) is 9.19. The van der Waals surface area contributed by atoms with Gasteiger partial charge in [-0.2, -0.15) is 0 Å². The van der Waals surface area contributed by atoms with E-state index < -0.39 is 0 Å². The molecule has 0 saturated carbocycles. The summed E-state index contributed by atoms with van der Waals surface area (Å²) in [6.07, 6.45) is 0. The SMILES string of the molecule is Cc1cc(C)c([C@@H](C)NC(=O)COc2ccccc2C(C)(C)C)cc1C. The number of nitrogens with one attached hydrogen (secondary N) is 1. The molecule has 0 heterocycles. The smallest absolute Gasteiger partial charge is 0.258 e. The van der Waals surface area contributed by atoms with Crippen LogP contribution in [0.5, 0.6) is 5.75 Å². The van der Waals surface area contributed by atoms with Crippen LogP contribution in [0, 0.1) is 20.8 Å². The Labute approximate surface area is 157 Å². The molecule has 3 nitrogen and oxygen atoms in total. The fourth-order valence-corrected chi connectivity index (χ4v) is 3.17. The predicted molar refractivity (Wildman–Crippen MR) is 108 cm³/mol. The number of ether oxygens (including phenoxy) is 1. The maximum atomic E-state index is 12.4. The van der Waals surface area contributed by atoms with E-state index >= 15 is 0 Å². The number of aryl methyl sites for hydroxylation is 3. The summed E-state index contributed by atoms with van der Waals surface area (Å²) in [6, 6.07) is 12.2. The van der Waals surface area contributed by atoms with Gasteiger partial charge in [-0.15, -0.1) is 0 Å². The number of hydrogen-bond donors (Lipinski definition) is 1. The van der Waals surface area contributed by atoms with Crippen molar-refractivity contribution in [1.29, 1.82) is 0 Å². The van der Waals surface area contributed by atoms with Crippen LogP contribution in [0.2, 0.25) is 0 Å². The molecule has 0 aromatic heterocycles. The molecule has 0 spiro atoms. The highest BCUT2D eigenvalue weighted by molar-refractivity contribution is 5.78. The quantitative estimate of drug-likeness (QED) is 0.806. The van der Waals surface area contributed by atoms with Gasteiger partial charge in [-0.1, -0.05) is 51.1 Å². The summed E-state index contributed by atoms with van der Waals surface area (Å²) in [7, 11) is 0. The predicted octanol–water partition coefficient (Wildman–Crippen LogP) is 5.17. The van der Waals surface area contributed by atoms with Gasteiger partial charge in [-0.25, -0.2) is 0 Å². The zero-order valence-electron chi connectivity index (χ0n) is 17.1. The first-order valence-corrected chi connectivity index (χ1v) is 9.19. The zero-order valence-corrected chi connectivity index (χ0v) is 17.1. The van der Waals surface area contributed by atoms with Gasteiger partial charge in [0.15, 0.2) is 6.61 Å². The van der Waals surface area contributed by atoms with Gasteiger partial charge in [-0.3, -0.25) is 4.79 Å². The van der Waals surface area contributed by atoms with Crippen molar-refractivity contribution in [2.75, 3.05) is 6.61 Å². The van der Waals surface area contributed by atoms with Gasteiger partial charge >= 0.3 is 0 Å². The van der Waals surface area contributed by atoms with E-state index in [4.69, 9.17) is 4.74 Å². The molecular formula is C23H31NO2. The highest BCUT2D eigenvalue weighted by Crippen LogP contribution is 2.31. The molecule has 2 aromatic carbocycles. The topological polar surface area (TPSA) is 38.3 Å². The van der Waals surface area contributed by atoms with Crippen molar-refractivity contribution < 1.29 is 9.53 Å². The van der Waals surface area contributed by atoms with E-state index in [0.29, 0.717) is 0 Å². The molecule has 2 aromatic rings. The second-order valence-electron chi connectivity index (χ2n) is 8.12. The van der Waals surface area contributed by atoms with Crippen molar-refractivity contribution in [3.8, 4) is 5.75 Å². The third-order valence-electron chi connectivity index (χ3n) is 4.78. The van der Waals surface area contributed by atoms with Crippen LogP contribution in [0.3, 0.4) is 0 Å². The van der Waals surface area contributed by atoms with E-state index in [1.54, 1.807) is 0 Å². The van der Waals surface area contributed by atoms with Crippen LogP contribution in [-0.2, 0) is 10.2 Å². The van der Waals surface area contributed by atoms with Gasteiger partial charge in [-0.05, 0) is 67.0 Å². The number of benzene rings is 2. The third-order valence-corrected chi connectivity index (χ3v) is 4.78. The molecule has 0 bridgehead atoms. The fourth-order valence-electron chi connectivity index (χ4n) is 3.17. The summed E-state index contributed by atoms with van der Waals surface area (Å²) in [5, 5.41) is 3.05. The molecule has 0 aliphatic heterocycles. The van der Waals surface area contributed by atoms with Crippen LogP contribution < -0.4 is 10.1 Å². The summed E-state index contributed by atoms with van der Waals surface area (Å²) >= 11 is 0. The lowest BCUT2D eigenvalue weighted by Gasteiger charge is -2.23. The normalized spacial score (nSPS) is 12.6. The molecule has 0 aliphatic rings. The highest BCUT2D eigenvalue weighted by Gasteiger charge is 2.19. The lowest BCUT2D eigenvalue weighted by molar-refractivity contribution is -0.123. The lowest BCUT2D eigenvalue weighted by atomic mass is 9.86. The van der Waals surface area contributed by atoms with Gasteiger partial charge in [0, 0.05) is 0 Å². The van der Waals surface area contributed by atoms with E-state index in [9.17, 15) is 4.79 Å². The third kappa shape index (κ3) is 4.87. The van der Waals surface area contributed by atoms with Crippen LogP contribution in [0.4, 0.5) is 0 Å². The highest BCUT2D eigenvalue weighted by atomic mass is 16.5. The second-order valence-corrected chi connectivity index (χ2v) is 8.12. The molecule has 0 saturated heterocycles. The first kappa shape index (κ1) is 20.0. The van der Waals surface area contributed by atoms with Crippen molar-refractivity contribution in [2.24, 2.45) is 0 Å². The van der Waals surface area contributed by atoms with Crippen molar-refractivity contribution >= 4 is 5.91 Å². The Morgan fingerprint density at radius 1 is 1.04 bits per heavy atom. The maximum Gasteiger partial charge on any atom is 0.258 e. The van der Waals surface area contributed by atoms with E-state index in [-0.39, 0.29) is 24.0 Å². The molecule has 0 aliphatic carbocycles. The molecule has 0 unspecified atom stereocenters. The number of hydrogen-bond acceptors (Lipinski definition) is 2. The molecule has 26 heavy (non-hydrogen) atoms. The standard InChI is InChI=1S/C23H31NO2/c1-15-12-17(3)19(13-16(15)2)18(4)24-22(25)14-26-21-11-9-8-10-20(21)23(5,6)7/h8-13,18H,14H2,1-7H3,(H,24,25)/t18-/m1/s1. The van der Waals surface area contributed by atoms with Crippen LogP contribution >= 0.6 is 0 Å². The van der Waals surface area contributed by atoms with Crippen LogP contribution in [0.15, 0.2) is 36.4 Å². The lowest BCUT2D eigenvalue weighted by Crippen LogP contribution is -2.32. The van der Waals surface area contributed by atoms with E-state index in [1.165, 1.54) is 16.7 Å². The number of para-hydroxylation sites is 1. The van der Waals surface area contributed by atoms with E-state index in [1.807, 2.05) is 31.2 Å². The largest absolute Gasteiger partial charge is 0.483 e. The molecular weight excluding hydrogens is 322 g/mol.